The van der Waals surface area contributed by atoms with Crippen molar-refractivity contribution in [3.05, 3.63) is 106 Å². The Morgan fingerprint density at radius 3 is 1.62 bits per heavy atom. The first kappa shape index (κ1) is 23.4. The number of aryl methyl sites for hydroxylation is 2. The van der Waals surface area contributed by atoms with Crippen LogP contribution in [-0.4, -0.2) is 0 Å². The van der Waals surface area contributed by atoms with Crippen molar-refractivity contribution < 1.29 is 4.39 Å². The van der Waals surface area contributed by atoms with Crippen LogP contribution in [0.1, 0.15) is 79.3 Å². The molecule has 0 spiro atoms. The molecule has 0 unspecified atom stereocenters. The molecule has 3 aromatic carbocycles. The maximum absolute atomic E-state index is 14.3. The predicted molar refractivity (Wildman–Crippen MR) is 133 cm³/mol. The van der Waals surface area contributed by atoms with Gasteiger partial charge in [-0.05, 0) is 78.9 Å². The molecule has 3 aromatic rings. The summed E-state index contributed by atoms with van der Waals surface area (Å²) in [5.74, 6) is 12.5. The van der Waals surface area contributed by atoms with Gasteiger partial charge in [-0.15, -0.1) is 0 Å². The van der Waals surface area contributed by atoms with Gasteiger partial charge in [0.25, 0.3) is 0 Å². The molecule has 0 aliphatic carbocycles. The fourth-order valence-electron chi connectivity index (χ4n) is 3.54. The Labute approximate surface area is 192 Å². The molecule has 0 amide bonds. The maximum Gasteiger partial charge on any atom is 0.127 e. The zero-order valence-electron chi connectivity index (χ0n) is 19.2. The van der Waals surface area contributed by atoms with Crippen LogP contribution in [0.3, 0.4) is 0 Å². The highest BCUT2D eigenvalue weighted by atomic mass is 19.1. The third-order valence-corrected chi connectivity index (χ3v) is 5.43. The second kappa shape index (κ2) is 12.5. The van der Waals surface area contributed by atoms with Gasteiger partial charge in [0.1, 0.15) is 5.82 Å². The molecule has 0 N–H and O–H groups in total. The smallest absolute Gasteiger partial charge is 0.127 e. The van der Waals surface area contributed by atoms with E-state index in [-0.39, 0.29) is 5.82 Å². The van der Waals surface area contributed by atoms with Crippen LogP contribution in [0, 0.1) is 29.5 Å². The lowest BCUT2D eigenvalue weighted by atomic mass is 10.0. The number of benzene rings is 3. The molecule has 0 aliphatic heterocycles. The first-order valence-electron chi connectivity index (χ1n) is 11.7. The summed E-state index contributed by atoms with van der Waals surface area (Å²) in [6, 6.07) is 21.6. The third kappa shape index (κ3) is 7.44. The van der Waals surface area contributed by atoms with Crippen LogP contribution in [0.2, 0.25) is 0 Å². The van der Waals surface area contributed by atoms with Crippen LogP contribution in [-0.2, 0) is 12.8 Å². The number of unbranched alkanes of at least 4 members (excludes halogenated alkanes) is 3. The Kier molecular flexibility index (Phi) is 9.16. The number of hydrogen-bond acceptors (Lipinski definition) is 0. The van der Waals surface area contributed by atoms with Crippen LogP contribution in [0.25, 0.3) is 0 Å². The molecule has 3 rings (SSSR count). The maximum atomic E-state index is 14.3. The summed E-state index contributed by atoms with van der Waals surface area (Å²) in [4.78, 5) is 0. The van der Waals surface area contributed by atoms with Gasteiger partial charge in [-0.3, -0.25) is 0 Å². The lowest BCUT2D eigenvalue weighted by Gasteiger charge is -2.03. The van der Waals surface area contributed by atoms with Crippen molar-refractivity contribution in [2.75, 3.05) is 0 Å². The normalized spacial score (nSPS) is 10.1. The largest absolute Gasteiger partial charge is 0.207 e. The van der Waals surface area contributed by atoms with E-state index in [0.717, 1.165) is 54.4 Å². The number of hydrogen-bond donors (Lipinski definition) is 0. The van der Waals surface area contributed by atoms with E-state index in [1.807, 2.05) is 36.4 Å². The van der Waals surface area contributed by atoms with E-state index in [2.05, 4.69) is 61.8 Å². The van der Waals surface area contributed by atoms with Gasteiger partial charge in [0.2, 0.25) is 0 Å². The fraction of sp³-hybridized carbons (Fsp3) is 0.290. The Morgan fingerprint density at radius 1 is 0.562 bits per heavy atom. The summed E-state index contributed by atoms with van der Waals surface area (Å²) in [7, 11) is 0. The van der Waals surface area contributed by atoms with Gasteiger partial charge in [-0.25, -0.2) is 4.39 Å². The SMILES string of the molecule is CCCCCCc1ccc(C#Cc2ccc(C#Cc3ccc(CCC)cc3)cc2)cc1F. The van der Waals surface area contributed by atoms with E-state index in [0.29, 0.717) is 5.56 Å². The molecular weight excluding hydrogens is 391 g/mol. The average molecular weight is 423 g/mol. The summed E-state index contributed by atoms with van der Waals surface area (Å²) < 4.78 is 14.3. The van der Waals surface area contributed by atoms with Crippen molar-refractivity contribution in [1.82, 2.24) is 0 Å². The molecule has 0 heterocycles. The zero-order valence-corrected chi connectivity index (χ0v) is 19.2. The van der Waals surface area contributed by atoms with Crippen LogP contribution in [0.5, 0.6) is 0 Å². The minimum atomic E-state index is -0.151. The van der Waals surface area contributed by atoms with Crippen molar-refractivity contribution >= 4 is 0 Å². The summed E-state index contributed by atoms with van der Waals surface area (Å²) in [6.45, 7) is 4.37. The van der Waals surface area contributed by atoms with Crippen LogP contribution in [0.15, 0.2) is 66.7 Å². The fourth-order valence-corrected chi connectivity index (χ4v) is 3.54. The first-order chi connectivity index (χ1) is 15.7. The highest BCUT2D eigenvalue weighted by Gasteiger charge is 2.02. The monoisotopic (exact) mass is 422 g/mol. The van der Waals surface area contributed by atoms with Crippen LogP contribution < -0.4 is 0 Å². The molecule has 0 saturated carbocycles. The molecule has 0 saturated heterocycles. The molecule has 0 aromatic heterocycles. The van der Waals surface area contributed by atoms with Gasteiger partial charge < -0.3 is 0 Å². The lowest BCUT2D eigenvalue weighted by Crippen LogP contribution is -1.92. The highest BCUT2D eigenvalue weighted by Crippen LogP contribution is 2.14. The van der Waals surface area contributed by atoms with E-state index in [1.165, 1.54) is 18.4 Å². The minimum absolute atomic E-state index is 0.151. The van der Waals surface area contributed by atoms with Gasteiger partial charge in [0, 0.05) is 22.3 Å². The number of rotatable bonds is 7. The molecule has 32 heavy (non-hydrogen) atoms. The average Bonchev–Trinajstić information content (AvgIpc) is 2.82. The van der Waals surface area contributed by atoms with Crippen molar-refractivity contribution in [3.8, 4) is 23.7 Å². The van der Waals surface area contributed by atoms with Gasteiger partial charge in [-0.2, -0.15) is 0 Å². The Hall–Kier alpha value is -3.29. The summed E-state index contributed by atoms with van der Waals surface area (Å²) >= 11 is 0. The molecule has 0 nitrogen and oxygen atoms in total. The molecule has 0 bridgehead atoms. The first-order valence-corrected chi connectivity index (χ1v) is 11.7. The highest BCUT2D eigenvalue weighted by molar-refractivity contribution is 5.48. The van der Waals surface area contributed by atoms with Crippen molar-refractivity contribution in [3.63, 3.8) is 0 Å². The second-order valence-corrected chi connectivity index (χ2v) is 8.14. The number of halogens is 1. The van der Waals surface area contributed by atoms with E-state index in [1.54, 1.807) is 6.07 Å². The summed E-state index contributed by atoms with van der Waals surface area (Å²) in [6.07, 6.45) is 7.65. The van der Waals surface area contributed by atoms with Crippen molar-refractivity contribution in [2.24, 2.45) is 0 Å². The molecule has 0 atom stereocenters. The van der Waals surface area contributed by atoms with Gasteiger partial charge in [0.05, 0.1) is 0 Å². The minimum Gasteiger partial charge on any atom is -0.207 e. The molecule has 0 radical (unpaired) electrons. The third-order valence-electron chi connectivity index (χ3n) is 5.43. The van der Waals surface area contributed by atoms with Crippen LogP contribution >= 0.6 is 0 Å². The zero-order chi connectivity index (χ0) is 22.6. The predicted octanol–water partition coefficient (Wildman–Crippen LogP) is 7.70. The van der Waals surface area contributed by atoms with E-state index in [9.17, 15) is 4.39 Å². The summed E-state index contributed by atoms with van der Waals surface area (Å²) in [5.41, 5.74) is 5.70. The van der Waals surface area contributed by atoms with Crippen molar-refractivity contribution in [2.45, 2.75) is 58.8 Å². The van der Waals surface area contributed by atoms with E-state index in [4.69, 9.17) is 0 Å². The molecular formula is C31H31F. The molecule has 1 heteroatoms. The van der Waals surface area contributed by atoms with Gasteiger partial charge in [0.15, 0.2) is 0 Å². The standard InChI is InChI=1S/C31H31F/c1-3-5-6-7-9-30-23-22-29(24-31(30)32)21-20-28-18-16-27(17-19-28)15-14-26-12-10-25(8-4-2)11-13-26/h10-13,16-19,22-24H,3-9H2,1-2H3. The molecule has 0 fully saturated rings. The Bertz CT molecular complexity index is 1110. The lowest BCUT2D eigenvalue weighted by molar-refractivity contribution is 0.593. The Morgan fingerprint density at radius 2 is 1.09 bits per heavy atom. The van der Waals surface area contributed by atoms with Gasteiger partial charge >= 0.3 is 0 Å². The topological polar surface area (TPSA) is 0 Å². The quantitative estimate of drug-likeness (QED) is 0.270. The Balaban J connectivity index is 1.60. The van der Waals surface area contributed by atoms with E-state index >= 15 is 0 Å². The second-order valence-electron chi connectivity index (χ2n) is 8.14. The molecule has 0 aliphatic rings. The molecule has 162 valence electrons. The summed E-state index contributed by atoms with van der Waals surface area (Å²) in [5, 5.41) is 0. The van der Waals surface area contributed by atoms with E-state index < -0.39 is 0 Å². The van der Waals surface area contributed by atoms with Crippen molar-refractivity contribution in [1.29, 1.82) is 0 Å². The van der Waals surface area contributed by atoms with Crippen LogP contribution in [0.4, 0.5) is 4.39 Å². The van der Waals surface area contributed by atoms with Gasteiger partial charge in [-0.1, -0.05) is 81.4 Å².